The van der Waals surface area contributed by atoms with Crippen LogP contribution >= 0.6 is 0 Å². The number of amides is 1. The van der Waals surface area contributed by atoms with Crippen molar-refractivity contribution in [3.63, 3.8) is 0 Å². The van der Waals surface area contributed by atoms with E-state index in [-0.39, 0.29) is 12.2 Å². The minimum absolute atomic E-state index is 0.204. The van der Waals surface area contributed by atoms with Gasteiger partial charge in [0.15, 0.2) is 6.61 Å². The van der Waals surface area contributed by atoms with Gasteiger partial charge in [-0.05, 0) is 43.3 Å². The number of hydrazone groups is 1. The molecule has 0 unspecified atom stereocenters. The van der Waals surface area contributed by atoms with Gasteiger partial charge in [-0.15, -0.1) is 0 Å². The molecule has 1 heterocycles. The molecule has 0 saturated carbocycles. The maximum absolute atomic E-state index is 12.5. The SMILES string of the molecule is COc1ccc(OCC(=O)NN=Cc2c(C)[nH]n(-c3ccccc3)c2=O)cc1. The largest absolute Gasteiger partial charge is 0.497 e. The Morgan fingerprint density at radius 1 is 1.14 bits per heavy atom. The lowest BCUT2D eigenvalue weighted by atomic mass is 10.3. The number of benzene rings is 2. The van der Waals surface area contributed by atoms with Gasteiger partial charge in [0.1, 0.15) is 11.5 Å². The van der Waals surface area contributed by atoms with Crippen molar-refractivity contribution in [3.8, 4) is 17.2 Å². The highest BCUT2D eigenvalue weighted by atomic mass is 16.5. The molecule has 3 rings (SSSR count). The molecule has 0 aliphatic carbocycles. The molecule has 2 N–H and O–H groups in total. The van der Waals surface area contributed by atoms with Gasteiger partial charge in [0, 0.05) is 5.69 Å². The Labute approximate surface area is 161 Å². The van der Waals surface area contributed by atoms with E-state index in [4.69, 9.17) is 9.47 Å². The standard InChI is InChI=1S/C20H20N4O4/c1-14-18(20(26)24(23-14)15-6-4-3-5-7-15)12-21-22-19(25)13-28-17-10-8-16(27-2)9-11-17/h3-12,23H,13H2,1-2H3,(H,22,25). The van der Waals surface area contributed by atoms with E-state index in [1.807, 2.05) is 30.3 Å². The number of aryl methyl sites for hydroxylation is 1. The lowest BCUT2D eigenvalue weighted by Gasteiger charge is -2.05. The summed E-state index contributed by atoms with van der Waals surface area (Å²) in [6.07, 6.45) is 1.32. The first kappa shape index (κ1) is 19.0. The number of aromatic amines is 1. The van der Waals surface area contributed by atoms with E-state index < -0.39 is 5.91 Å². The van der Waals surface area contributed by atoms with Crippen LogP contribution in [0.25, 0.3) is 5.69 Å². The van der Waals surface area contributed by atoms with Crippen LogP contribution < -0.4 is 20.5 Å². The number of rotatable bonds is 7. The van der Waals surface area contributed by atoms with Crippen LogP contribution in [0.4, 0.5) is 0 Å². The summed E-state index contributed by atoms with van der Waals surface area (Å²) in [6.45, 7) is 1.56. The van der Waals surface area contributed by atoms with Crippen molar-refractivity contribution in [1.29, 1.82) is 0 Å². The maximum Gasteiger partial charge on any atom is 0.280 e. The summed E-state index contributed by atoms with van der Waals surface area (Å²) in [5, 5.41) is 6.84. The topological polar surface area (TPSA) is 97.7 Å². The van der Waals surface area contributed by atoms with Crippen molar-refractivity contribution >= 4 is 12.1 Å². The smallest absolute Gasteiger partial charge is 0.280 e. The Morgan fingerprint density at radius 3 is 2.50 bits per heavy atom. The van der Waals surface area contributed by atoms with Crippen LogP contribution in [0.15, 0.2) is 64.5 Å². The molecule has 1 aromatic heterocycles. The highest BCUT2D eigenvalue weighted by molar-refractivity contribution is 5.83. The van der Waals surface area contributed by atoms with Crippen LogP contribution in [0.3, 0.4) is 0 Å². The molecule has 2 aromatic carbocycles. The number of carbonyl (C=O) groups excluding carboxylic acids is 1. The molecule has 3 aromatic rings. The molecular weight excluding hydrogens is 360 g/mol. The third-order valence-electron chi connectivity index (χ3n) is 3.94. The lowest BCUT2D eigenvalue weighted by Crippen LogP contribution is -2.25. The lowest BCUT2D eigenvalue weighted by molar-refractivity contribution is -0.123. The molecule has 28 heavy (non-hydrogen) atoms. The molecule has 0 fully saturated rings. The normalized spacial score (nSPS) is 10.8. The third kappa shape index (κ3) is 4.47. The van der Waals surface area contributed by atoms with Gasteiger partial charge >= 0.3 is 0 Å². The molecule has 8 nitrogen and oxygen atoms in total. The fraction of sp³-hybridized carbons (Fsp3) is 0.150. The molecule has 0 aliphatic rings. The summed E-state index contributed by atoms with van der Waals surface area (Å²) in [5.74, 6) is 0.792. The minimum atomic E-state index is -0.441. The summed E-state index contributed by atoms with van der Waals surface area (Å²) >= 11 is 0. The van der Waals surface area contributed by atoms with Crippen LogP contribution in [0.2, 0.25) is 0 Å². The van der Waals surface area contributed by atoms with Crippen molar-refractivity contribution in [2.45, 2.75) is 6.92 Å². The molecule has 1 amide bonds. The van der Waals surface area contributed by atoms with Gasteiger partial charge in [-0.1, -0.05) is 18.2 Å². The number of aromatic nitrogens is 2. The Bertz CT molecular complexity index is 1020. The second-order valence-electron chi connectivity index (χ2n) is 5.88. The van der Waals surface area contributed by atoms with E-state index in [1.165, 1.54) is 10.9 Å². The zero-order valence-electron chi connectivity index (χ0n) is 15.5. The second kappa shape index (κ2) is 8.72. The van der Waals surface area contributed by atoms with Crippen LogP contribution in [0.1, 0.15) is 11.3 Å². The maximum atomic E-state index is 12.5. The van der Waals surface area contributed by atoms with Crippen molar-refractivity contribution in [1.82, 2.24) is 15.2 Å². The Morgan fingerprint density at radius 2 is 1.82 bits per heavy atom. The molecule has 0 aliphatic heterocycles. The summed E-state index contributed by atoms with van der Waals surface area (Å²) in [6, 6.07) is 16.1. The van der Waals surface area contributed by atoms with E-state index in [9.17, 15) is 9.59 Å². The quantitative estimate of drug-likeness (QED) is 0.484. The number of carbonyl (C=O) groups is 1. The number of ether oxygens (including phenoxy) is 2. The summed E-state index contributed by atoms with van der Waals surface area (Å²) in [5.41, 5.74) is 3.81. The average molecular weight is 380 g/mol. The van der Waals surface area contributed by atoms with E-state index in [0.29, 0.717) is 28.4 Å². The highest BCUT2D eigenvalue weighted by Gasteiger charge is 2.10. The molecule has 144 valence electrons. The molecule has 0 saturated heterocycles. The van der Waals surface area contributed by atoms with E-state index >= 15 is 0 Å². The van der Waals surface area contributed by atoms with Crippen molar-refractivity contribution < 1.29 is 14.3 Å². The molecular formula is C20H20N4O4. The Kier molecular flexibility index (Phi) is 5.91. The van der Waals surface area contributed by atoms with Gasteiger partial charge in [0.25, 0.3) is 11.5 Å². The van der Waals surface area contributed by atoms with Gasteiger partial charge in [0.05, 0.1) is 24.6 Å². The van der Waals surface area contributed by atoms with Gasteiger partial charge < -0.3 is 9.47 Å². The first-order valence-electron chi connectivity index (χ1n) is 8.54. The number of methoxy groups -OCH3 is 1. The molecule has 8 heteroatoms. The summed E-state index contributed by atoms with van der Waals surface area (Å²) in [4.78, 5) is 24.4. The Hall–Kier alpha value is -3.81. The van der Waals surface area contributed by atoms with Crippen LogP contribution in [-0.2, 0) is 4.79 Å². The minimum Gasteiger partial charge on any atom is -0.497 e. The molecule has 0 radical (unpaired) electrons. The number of para-hydroxylation sites is 1. The van der Waals surface area contributed by atoms with E-state index in [0.717, 1.165) is 0 Å². The van der Waals surface area contributed by atoms with E-state index in [2.05, 4.69) is 15.6 Å². The zero-order valence-corrected chi connectivity index (χ0v) is 15.5. The van der Waals surface area contributed by atoms with Gasteiger partial charge in [-0.3, -0.25) is 14.7 Å². The van der Waals surface area contributed by atoms with Gasteiger partial charge in [-0.2, -0.15) is 5.10 Å². The fourth-order valence-electron chi connectivity index (χ4n) is 2.49. The van der Waals surface area contributed by atoms with Gasteiger partial charge in [-0.25, -0.2) is 10.1 Å². The van der Waals surface area contributed by atoms with E-state index in [1.54, 1.807) is 38.3 Å². The molecule has 0 atom stereocenters. The van der Waals surface area contributed by atoms with Crippen LogP contribution in [0.5, 0.6) is 11.5 Å². The second-order valence-corrected chi connectivity index (χ2v) is 5.88. The monoisotopic (exact) mass is 380 g/mol. The first-order valence-corrected chi connectivity index (χ1v) is 8.54. The number of hydrogen-bond donors (Lipinski definition) is 2. The third-order valence-corrected chi connectivity index (χ3v) is 3.94. The Balaban J connectivity index is 1.59. The zero-order chi connectivity index (χ0) is 19.9. The summed E-state index contributed by atoms with van der Waals surface area (Å²) in [7, 11) is 1.57. The van der Waals surface area contributed by atoms with Crippen molar-refractivity contribution in [3.05, 3.63) is 76.2 Å². The number of H-pyrrole nitrogens is 1. The molecule has 0 bridgehead atoms. The van der Waals surface area contributed by atoms with Crippen LogP contribution in [0, 0.1) is 6.92 Å². The number of nitrogens with one attached hydrogen (secondary N) is 2. The number of nitrogens with zero attached hydrogens (tertiary/aromatic N) is 2. The summed E-state index contributed by atoms with van der Waals surface area (Å²) < 4.78 is 11.8. The fourth-order valence-corrected chi connectivity index (χ4v) is 2.49. The van der Waals surface area contributed by atoms with Crippen molar-refractivity contribution in [2.75, 3.05) is 13.7 Å². The first-order chi connectivity index (χ1) is 13.6. The highest BCUT2D eigenvalue weighted by Crippen LogP contribution is 2.16. The predicted octanol–water partition coefficient (Wildman–Crippen LogP) is 2.01. The predicted molar refractivity (Wildman–Crippen MR) is 105 cm³/mol. The molecule has 0 spiro atoms. The van der Waals surface area contributed by atoms with Gasteiger partial charge in [0.2, 0.25) is 0 Å². The number of hydrogen-bond acceptors (Lipinski definition) is 5. The van der Waals surface area contributed by atoms with Crippen LogP contribution in [-0.4, -0.2) is 35.6 Å². The average Bonchev–Trinajstić information content (AvgIpc) is 3.01. The van der Waals surface area contributed by atoms with Crippen molar-refractivity contribution in [2.24, 2.45) is 5.10 Å².